The molecule has 120 valence electrons. The maximum absolute atomic E-state index is 12.5. The summed E-state index contributed by atoms with van der Waals surface area (Å²) in [6, 6.07) is 12.3. The minimum Gasteiger partial charge on any atom is -0.269 e. The quantitative estimate of drug-likeness (QED) is 0.695. The van der Waals surface area contributed by atoms with Crippen LogP contribution in [0.4, 0.5) is 0 Å². The number of rotatable bonds is 2. The van der Waals surface area contributed by atoms with Crippen LogP contribution in [0.2, 0.25) is 0 Å². The van der Waals surface area contributed by atoms with Crippen molar-refractivity contribution < 1.29 is 13.2 Å². The predicted molar refractivity (Wildman–Crippen MR) is 85.0 cm³/mol. The molecule has 1 aromatic carbocycles. The molecule has 0 aliphatic carbocycles. The van der Waals surface area contributed by atoms with Gasteiger partial charge in [-0.25, -0.2) is 17.7 Å². The Labute approximate surface area is 136 Å². The van der Waals surface area contributed by atoms with Crippen LogP contribution in [0.15, 0.2) is 64.4 Å². The Morgan fingerprint density at radius 1 is 1.00 bits per heavy atom. The fourth-order valence-corrected chi connectivity index (χ4v) is 4.26. The third-order valence-corrected chi connectivity index (χ3v) is 5.63. The number of benzene rings is 1. The van der Waals surface area contributed by atoms with E-state index in [4.69, 9.17) is 0 Å². The maximum Gasteiger partial charge on any atom is 0.269 e. The number of aromatic nitrogens is 2. The average Bonchev–Trinajstić information content (AvgIpc) is 2.76. The Bertz CT molecular complexity index is 1150. The van der Waals surface area contributed by atoms with Gasteiger partial charge in [-0.05, 0) is 24.3 Å². The van der Waals surface area contributed by atoms with Gasteiger partial charge in [0.15, 0.2) is 0 Å². The number of nitrogens with zero attached hydrogens (tertiary/aromatic N) is 3. The predicted octanol–water partition coefficient (Wildman–Crippen LogP) is 1.04. The monoisotopic (exact) mass is 341 g/mol. The van der Waals surface area contributed by atoms with Gasteiger partial charge in [-0.15, -0.1) is 0 Å². The largest absolute Gasteiger partial charge is 0.269 e. The third-order valence-electron chi connectivity index (χ3n) is 3.84. The van der Waals surface area contributed by atoms with Crippen molar-refractivity contribution in [2.75, 3.05) is 0 Å². The molecule has 1 aliphatic rings. The lowest BCUT2D eigenvalue weighted by molar-refractivity contribution is 0.0864. The number of pyridine rings is 1. The molecule has 0 atom stereocenters. The van der Waals surface area contributed by atoms with E-state index in [2.05, 4.69) is 4.98 Å². The minimum absolute atomic E-state index is 0.0208. The molecule has 24 heavy (non-hydrogen) atoms. The highest BCUT2D eigenvalue weighted by molar-refractivity contribution is 7.90. The Balaban J connectivity index is 1.80. The second kappa shape index (κ2) is 5.00. The SMILES string of the molecule is O=C1c2ccccc2S(=O)(=O)N1Cc1cc(=O)n2ccccc2n1. The van der Waals surface area contributed by atoms with Crippen LogP contribution in [0.1, 0.15) is 16.1 Å². The molecular formula is C16H11N3O4S. The number of carbonyl (C=O) groups excluding carboxylic acids is 1. The van der Waals surface area contributed by atoms with Crippen molar-refractivity contribution >= 4 is 21.6 Å². The van der Waals surface area contributed by atoms with E-state index in [9.17, 15) is 18.0 Å². The Hall–Kier alpha value is -3.00. The Morgan fingerprint density at radius 3 is 2.54 bits per heavy atom. The van der Waals surface area contributed by atoms with Crippen LogP contribution in [0.5, 0.6) is 0 Å². The number of carbonyl (C=O) groups is 1. The van der Waals surface area contributed by atoms with Gasteiger partial charge in [0.25, 0.3) is 21.5 Å². The van der Waals surface area contributed by atoms with E-state index in [1.807, 2.05) is 0 Å². The summed E-state index contributed by atoms with van der Waals surface area (Å²) >= 11 is 0. The molecular weight excluding hydrogens is 330 g/mol. The van der Waals surface area contributed by atoms with E-state index in [1.54, 1.807) is 36.5 Å². The lowest BCUT2D eigenvalue weighted by atomic mass is 10.2. The molecule has 8 heteroatoms. The summed E-state index contributed by atoms with van der Waals surface area (Å²) in [6.07, 6.45) is 1.57. The Kier molecular flexibility index (Phi) is 3.04. The second-order valence-corrected chi connectivity index (χ2v) is 7.16. The van der Waals surface area contributed by atoms with Gasteiger partial charge in [-0.3, -0.25) is 14.0 Å². The molecule has 0 N–H and O–H groups in total. The molecule has 4 rings (SSSR count). The normalized spacial score (nSPS) is 15.7. The first-order chi connectivity index (χ1) is 11.5. The lowest BCUT2D eigenvalue weighted by Crippen LogP contribution is -2.30. The molecule has 2 aromatic heterocycles. The van der Waals surface area contributed by atoms with Gasteiger partial charge in [-0.2, -0.15) is 0 Å². The van der Waals surface area contributed by atoms with Gasteiger partial charge in [0.2, 0.25) is 0 Å². The van der Waals surface area contributed by atoms with Gasteiger partial charge in [0.05, 0.1) is 17.8 Å². The lowest BCUT2D eigenvalue weighted by Gasteiger charge is -2.14. The number of fused-ring (bicyclic) bond motifs is 2. The molecule has 0 bridgehead atoms. The van der Waals surface area contributed by atoms with Crippen molar-refractivity contribution in [3.05, 3.63) is 76.3 Å². The fraction of sp³-hybridized carbons (Fsp3) is 0.0625. The maximum atomic E-state index is 12.5. The zero-order chi connectivity index (χ0) is 16.9. The van der Waals surface area contributed by atoms with Crippen LogP contribution in [-0.4, -0.2) is 28.0 Å². The van der Waals surface area contributed by atoms with Crippen molar-refractivity contribution in [2.24, 2.45) is 0 Å². The smallest absolute Gasteiger partial charge is 0.269 e. The number of hydrogen-bond donors (Lipinski definition) is 0. The molecule has 3 aromatic rings. The van der Waals surface area contributed by atoms with E-state index in [-0.39, 0.29) is 28.3 Å². The van der Waals surface area contributed by atoms with E-state index in [0.29, 0.717) is 5.65 Å². The number of sulfonamides is 1. The van der Waals surface area contributed by atoms with Crippen LogP contribution in [-0.2, 0) is 16.6 Å². The summed E-state index contributed by atoms with van der Waals surface area (Å²) in [7, 11) is -3.92. The zero-order valence-electron chi connectivity index (χ0n) is 12.3. The van der Waals surface area contributed by atoms with Crippen molar-refractivity contribution in [1.82, 2.24) is 13.7 Å². The van der Waals surface area contributed by atoms with E-state index >= 15 is 0 Å². The summed E-state index contributed by atoms with van der Waals surface area (Å²) in [4.78, 5) is 28.8. The van der Waals surface area contributed by atoms with E-state index in [0.717, 1.165) is 4.31 Å². The first kappa shape index (κ1) is 14.6. The highest BCUT2D eigenvalue weighted by Crippen LogP contribution is 2.30. The van der Waals surface area contributed by atoms with E-state index in [1.165, 1.54) is 22.6 Å². The second-order valence-electron chi connectivity index (χ2n) is 5.33. The zero-order valence-corrected chi connectivity index (χ0v) is 13.1. The van der Waals surface area contributed by atoms with Crippen molar-refractivity contribution in [3.8, 4) is 0 Å². The molecule has 1 amide bonds. The van der Waals surface area contributed by atoms with Gasteiger partial charge < -0.3 is 0 Å². The summed E-state index contributed by atoms with van der Waals surface area (Å²) < 4.78 is 27.2. The van der Waals surface area contributed by atoms with Crippen LogP contribution in [0.3, 0.4) is 0 Å². The van der Waals surface area contributed by atoms with Gasteiger partial charge >= 0.3 is 0 Å². The van der Waals surface area contributed by atoms with Crippen LogP contribution in [0.25, 0.3) is 5.65 Å². The van der Waals surface area contributed by atoms with Gasteiger partial charge in [0, 0.05) is 12.3 Å². The molecule has 0 saturated carbocycles. The molecule has 1 aliphatic heterocycles. The van der Waals surface area contributed by atoms with E-state index < -0.39 is 15.9 Å². The van der Waals surface area contributed by atoms with Crippen LogP contribution < -0.4 is 5.56 Å². The molecule has 0 radical (unpaired) electrons. The number of hydrogen-bond acceptors (Lipinski definition) is 5. The minimum atomic E-state index is -3.92. The average molecular weight is 341 g/mol. The van der Waals surface area contributed by atoms with Crippen LogP contribution >= 0.6 is 0 Å². The van der Waals surface area contributed by atoms with Crippen molar-refractivity contribution in [1.29, 1.82) is 0 Å². The summed E-state index contributed by atoms with van der Waals surface area (Å²) in [6.45, 7) is -0.281. The molecule has 0 saturated heterocycles. The first-order valence-corrected chi connectivity index (χ1v) is 8.56. The standard InChI is InChI=1S/C16H11N3O4S/c20-15-9-11(17-14-7-3-4-8-18(14)15)10-19-16(21)12-5-1-2-6-13(12)24(19,22)23/h1-9H,10H2. The van der Waals surface area contributed by atoms with Crippen LogP contribution in [0, 0.1) is 0 Å². The third kappa shape index (κ3) is 2.04. The molecule has 3 heterocycles. The fourth-order valence-electron chi connectivity index (χ4n) is 2.72. The number of amides is 1. The topological polar surface area (TPSA) is 88.8 Å². The van der Waals surface area contributed by atoms with Gasteiger partial charge in [-0.1, -0.05) is 18.2 Å². The summed E-state index contributed by atoms with van der Waals surface area (Å²) in [5.74, 6) is -0.610. The first-order valence-electron chi connectivity index (χ1n) is 7.12. The van der Waals surface area contributed by atoms with Gasteiger partial charge in [0.1, 0.15) is 10.5 Å². The summed E-state index contributed by atoms with van der Waals surface area (Å²) in [5, 5.41) is 0. The summed E-state index contributed by atoms with van der Waals surface area (Å²) in [5.41, 5.74) is 0.407. The van der Waals surface area contributed by atoms with Crippen molar-refractivity contribution in [2.45, 2.75) is 11.4 Å². The Morgan fingerprint density at radius 2 is 1.75 bits per heavy atom. The molecule has 0 unspecified atom stereocenters. The molecule has 0 fully saturated rings. The molecule has 7 nitrogen and oxygen atoms in total. The highest BCUT2D eigenvalue weighted by Gasteiger charge is 2.41. The highest BCUT2D eigenvalue weighted by atomic mass is 32.2. The van der Waals surface area contributed by atoms with Crippen molar-refractivity contribution in [3.63, 3.8) is 0 Å². The molecule has 0 spiro atoms.